The molecule has 0 bridgehead atoms. The van der Waals surface area contributed by atoms with E-state index in [1.807, 2.05) is 30.3 Å². The molecule has 1 rings (SSSR count). The number of carbonyl (C=O) groups excluding carboxylic acids is 2. The van der Waals surface area contributed by atoms with Crippen LogP contribution in [0.25, 0.3) is 0 Å². The van der Waals surface area contributed by atoms with Crippen LogP contribution in [-0.2, 0) is 9.53 Å². The van der Waals surface area contributed by atoms with Crippen LogP contribution in [0.3, 0.4) is 0 Å². The first kappa shape index (κ1) is 11.4. The minimum absolute atomic E-state index is 0.121. The van der Waals surface area contributed by atoms with Crippen LogP contribution in [0.5, 0.6) is 0 Å². The molecule has 0 amide bonds. The van der Waals surface area contributed by atoms with E-state index in [0.717, 1.165) is 5.56 Å². The molecule has 0 spiro atoms. The first-order chi connectivity index (χ1) is 6.22. The van der Waals surface area contributed by atoms with E-state index < -0.39 is 0 Å². The molecule has 3 nitrogen and oxygen atoms in total. The fourth-order valence-corrected chi connectivity index (χ4v) is 0.673. The van der Waals surface area contributed by atoms with Crippen LogP contribution in [0.2, 0.25) is 0 Å². The van der Waals surface area contributed by atoms with Crippen LogP contribution in [-0.4, -0.2) is 19.4 Å². The van der Waals surface area contributed by atoms with Gasteiger partial charge in [-0.1, -0.05) is 30.3 Å². The Labute approximate surface area is 77.3 Å². The molecule has 0 fully saturated rings. The second-order valence-corrected chi connectivity index (χ2v) is 2.25. The van der Waals surface area contributed by atoms with Gasteiger partial charge < -0.3 is 4.74 Å². The Hall–Kier alpha value is -1.64. The number of ketones is 1. The fraction of sp³-hybridized carbons (Fsp3) is 0.200. The van der Waals surface area contributed by atoms with Crippen molar-refractivity contribution in [3.63, 3.8) is 0 Å². The predicted octanol–water partition coefficient (Wildman–Crippen LogP) is 1.68. The van der Waals surface area contributed by atoms with E-state index in [0.29, 0.717) is 6.47 Å². The van der Waals surface area contributed by atoms with E-state index in [2.05, 4.69) is 4.74 Å². The Morgan fingerprint density at radius 1 is 1.31 bits per heavy atom. The zero-order chi connectivity index (χ0) is 10.1. The van der Waals surface area contributed by atoms with Crippen LogP contribution in [0, 0.1) is 0 Å². The molecule has 0 saturated heterocycles. The number of ether oxygens (including phenoxy) is 1. The summed E-state index contributed by atoms with van der Waals surface area (Å²) in [7, 11) is 1.31. The molecule has 13 heavy (non-hydrogen) atoms. The lowest BCUT2D eigenvalue weighted by atomic mass is 10.2. The summed E-state index contributed by atoms with van der Waals surface area (Å²) in [4.78, 5) is 19.6. The fourth-order valence-electron chi connectivity index (χ4n) is 0.673. The summed E-state index contributed by atoms with van der Waals surface area (Å²) < 4.78 is 3.86. The first-order valence-electron chi connectivity index (χ1n) is 3.74. The van der Waals surface area contributed by atoms with Gasteiger partial charge in [-0.25, -0.2) is 0 Å². The van der Waals surface area contributed by atoms with E-state index in [1.165, 1.54) is 7.11 Å². The van der Waals surface area contributed by atoms with Gasteiger partial charge in [-0.05, 0) is 6.92 Å². The summed E-state index contributed by atoms with van der Waals surface area (Å²) in [6.45, 7) is 1.94. The second kappa shape index (κ2) is 7.03. The van der Waals surface area contributed by atoms with Crippen molar-refractivity contribution in [2.45, 2.75) is 6.92 Å². The van der Waals surface area contributed by atoms with Crippen molar-refractivity contribution in [2.75, 3.05) is 7.11 Å². The lowest BCUT2D eigenvalue weighted by Gasteiger charge is -1.89. The number of hydrogen-bond donors (Lipinski definition) is 0. The van der Waals surface area contributed by atoms with Crippen LogP contribution >= 0.6 is 0 Å². The van der Waals surface area contributed by atoms with Gasteiger partial charge in [-0.2, -0.15) is 0 Å². The lowest BCUT2D eigenvalue weighted by Crippen LogP contribution is -1.88. The molecule has 0 heterocycles. The lowest BCUT2D eigenvalue weighted by molar-refractivity contribution is -0.126. The average molecular weight is 180 g/mol. The molecule has 1 aromatic carbocycles. The Kier molecular flexibility index (Phi) is 6.15. The van der Waals surface area contributed by atoms with E-state index in [9.17, 15) is 4.79 Å². The summed E-state index contributed by atoms with van der Waals surface area (Å²) in [5.41, 5.74) is 0.775. The van der Waals surface area contributed by atoms with Crippen LogP contribution in [0.1, 0.15) is 17.3 Å². The van der Waals surface area contributed by atoms with Crippen molar-refractivity contribution < 1.29 is 14.3 Å². The smallest absolute Gasteiger partial charge is 0.292 e. The molecule has 0 radical (unpaired) electrons. The quantitative estimate of drug-likeness (QED) is 0.513. The average Bonchev–Trinajstić information content (AvgIpc) is 2.19. The van der Waals surface area contributed by atoms with E-state index >= 15 is 0 Å². The molecule has 0 saturated carbocycles. The van der Waals surface area contributed by atoms with Gasteiger partial charge in [0, 0.05) is 5.56 Å². The highest BCUT2D eigenvalue weighted by molar-refractivity contribution is 5.93. The Morgan fingerprint density at radius 2 is 1.77 bits per heavy atom. The molecule has 0 aliphatic heterocycles. The molecular weight excluding hydrogens is 168 g/mol. The van der Waals surface area contributed by atoms with Crippen molar-refractivity contribution in [2.24, 2.45) is 0 Å². The number of benzene rings is 1. The third-order valence-electron chi connectivity index (χ3n) is 1.28. The molecule has 0 unspecified atom stereocenters. The minimum atomic E-state index is 0.121. The van der Waals surface area contributed by atoms with Crippen molar-refractivity contribution in [3.8, 4) is 0 Å². The highest BCUT2D eigenvalue weighted by atomic mass is 16.5. The Morgan fingerprint density at radius 3 is 2.00 bits per heavy atom. The summed E-state index contributed by atoms with van der Waals surface area (Å²) in [5.74, 6) is 0.121. The van der Waals surface area contributed by atoms with Gasteiger partial charge in [0.15, 0.2) is 5.78 Å². The van der Waals surface area contributed by atoms with Gasteiger partial charge in [0.05, 0.1) is 7.11 Å². The van der Waals surface area contributed by atoms with Gasteiger partial charge in [-0.3, -0.25) is 9.59 Å². The Balaban J connectivity index is 0.000000310. The molecule has 70 valence electrons. The maximum Gasteiger partial charge on any atom is 0.292 e. The first-order valence-corrected chi connectivity index (χ1v) is 3.74. The van der Waals surface area contributed by atoms with E-state index in [-0.39, 0.29) is 5.78 Å². The molecule has 0 aliphatic carbocycles. The number of methoxy groups -OCH3 is 1. The third-order valence-corrected chi connectivity index (χ3v) is 1.28. The molecule has 0 aliphatic rings. The number of rotatable bonds is 2. The van der Waals surface area contributed by atoms with Crippen molar-refractivity contribution in [1.29, 1.82) is 0 Å². The van der Waals surface area contributed by atoms with Gasteiger partial charge in [0.2, 0.25) is 0 Å². The SMILES string of the molecule is CC(=O)c1ccccc1.COC=O. The standard InChI is InChI=1S/C8H8O.C2H4O2/c1-7(9)8-5-3-2-4-6-8;1-4-2-3/h2-6H,1H3;2H,1H3. The second-order valence-electron chi connectivity index (χ2n) is 2.25. The van der Waals surface area contributed by atoms with Crippen LogP contribution in [0.15, 0.2) is 30.3 Å². The summed E-state index contributed by atoms with van der Waals surface area (Å²) in [6.07, 6.45) is 0. The monoisotopic (exact) mass is 180 g/mol. The van der Waals surface area contributed by atoms with Crippen molar-refractivity contribution in [1.82, 2.24) is 0 Å². The number of hydrogen-bond acceptors (Lipinski definition) is 3. The van der Waals surface area contributed by atoms with Crippen LogP contribution in [0.4, 0.5) is 0 Å². The largest absolute Gasteiger partial charge is 0.471 e. The molecular formula is C10H12O3. The maximum atomic E-state index is 10.6. The normalized spacial score (nSPS) is 7.85. The minimum Gasteiger partial charge on any atom is -0.471 e. The zero-order valence-electron chi connectivity index (χ0n) is 7.69. The van der Waals surface area contributed by atoms with Gasteiger partial charge in [0.25, 0.3) is 6.47 Å². The zero-order valence-corrected chi connectivity index (χ0v) is 7.69. The van der Waals surface area contributed by atoms with Crippen molar-refractivity contribution >= 4 is 12.3 Å². The summed E-state index contributed by atoms with van der Waals surface area (Å²) in [5, 5.41) is 0. The van der Waals surface area contributed by atoms with Gasteiger partial charge in [0.1, 0.15) is 0 Å². The van der Waals surface area contributed by atoms with Gasteiger partial charge in [-0.15, -0.1) is 0 Å². The predicted molar refractivity (Wildman–Crippen MR) is 49.5 cm³/mol. The number of carbonyl (C=O) groups is 2. The highest BCUT2D eigenvalue weighted by Crippen LogP contribution is 1.97. The molecule has 1 aromatic rings. The molecule has 0 aromatic heterocycles. The topological polar surface area (TPSA) is 43.4 Å². The third kappa shape index (κ3) is 5.61. The molecule has 0 atom stereocenters. The number of Topliss-reactive ketones (excluding diaryl/α,β-unsaturated/α-hetero) is 1. The molecule has 0 N–H and O–H groups in total. The van der Waals surface area contributed by atoms with E-state index in [4.69, 9.17) is 4.79 Å². The maximum absolute atomic E-state index is 10.6. The summed E-state index contributed by atoms with van der Waals surface area (Å²) >= 11 is 0. The van der Waals surface area contributed by atoms with Gasteiger partial charge >= 0.3 is 0 Å². The summed E-state index contributed by atoms with van der Waals surface area (Å²) in [6, 6.07) is 9.23. The Bertz CT molecular complexity index is 254. The molecule has 3 heteroatoms. The van der Waals surface area contributed by atoms with E-state index in [1.54, 1.807) is 6.92 Å². The van der Waals surface area contributed by atoms with Crippen molar-refractivity contribution in [3.05, 3.63) is 35.9 Å². The van der Waals surface area contributed by atoms with Crippen LogP contribution < -0.4 is 0 Å². The highest BCUT2D eigenvalue weighted by Gasteiger charge is 1.92.